The minimum absolute atomic E-state index is 0. The molecule has 17 heavy (non-hydrogen) atoms. The van der Waals surface area contributed by atoms with Gasteiger partial charge in [0.1, 0.15) is 5.75 Å². The first-order chi connectivity index (χ1) is 7.61. The maximum absolute atomic E-state index is 10.5. The third-order valence-electron chi connectivity index (χ3n) is 2.45. The maximum Gasteiger partial charge on any atom is 1.00 e. The summed E-state index contributed by atoms with van der Waals surface area (Å²) in [7, 11) is 0. The second-order valence-corrected chi connectivity index (χ2v) is 4.01. The zero-order valence-corrected chi connectivity index (χ0v) is 12.5. The molecule has 0 heterocycles. The van der Waals surface area contributed by atoms with Crippen LogP contribution in [-0.2, 0) is 17.6 Å². The normalized spacial score (nSPS) is 9.71. The number of aliphatic carboxylic acids is 1. The molecule has 1 aromatic rings. The number of carbonyl (C=O) groups excluding carboxylic acids is 1. The fraction of sp³-hybridized carbons (Fsp3) is 0.462. The van der Waals surface area contributed by atoms with E-state index in [2.05, 4.69) is 6.92 Å². The third kappa shape index (κ3) is 6.71. The largest absolute Gasteiger partial charge is 1.00 e. The molecule has 1 N–H and O–H groups in total. The molecular formula is C13H17NaO3. The van der Waals surface area contributed by atoms with E-state index in [-0.39, 0.29) is 41.7 Å². The van der Waals surface area contributed by atoms with Crippen molar-refractivity contribution < 1.29 is 44.6 Å². The van der Waals surface area contributed by atoms with Gasteiger partial charge in [-0.25, -0.2) is 0 Å². The van der Waals surface area contributed by atoms with Gasteiger partial charge < -0.3 is 15.0 Å². The van der Waals surface area contributed by atoms with Crippen LogP contribution in [0.15, 0.2) is 18.2 Å². The molecule has 0 fully saturated rings. The number of phenols is 1. The topological polar surface area (TPSA) is 60.4 Å². The van der Waals surface area contributed by atoms with E-state index in [1.807, 2.05) is 6.07 Å². The van der Waals surface area contributed by atoms with Gasteiger partial charge in [0.15, 0.2) is 0 Å². The molecule has 0 saturated heterocycles. The van der Waals surface area contributed by atoms with Crippen LogP contribution in [0.1, 0.15) is 37.3 Å². The molecule has 88 valence electrons. The van der Waals surface area contributed by atoms with Crippen molar-refractivity contribution in [3.63, 3.8) is 0 Å². The molecule has 0 aliphatic heterocycles. The summed E-state index contributed by atoms with van der Waals surface area (Å²) in [4.78, 5) is 10.5. The quantitative estimate of drug-likeness (QED) is 0.485. The van der Waals surface area contributed by atoms with Crippen molar-refractivity contribution >= 4 is 5.97 Å². The van der Waals surface area contributed by atoms with Crippen LogP contribution in [-0.4, -0.2) is 11.1 Å². The van der Waals surface area contributed by atoms with E-state index in [1.54, 1.807) is 6.07 Å². The number of rotatable bonds is 6. The van der Waals surface area contributed by atoms with Crippen molar-refractivity contribution in [2.75, 3.05) is 0 Å². The van der Waals surface area contributed by atoms with Crippen molar-refractivity contribution in [3.05, 3.63) is 29.3 Å². The Bertz CT molecular complexity index is 364. The number of phenolic OH excluding ortho intramolecular Hbond substituents is 1. The molecule has 0 unspecified atom stereocenters. The molecule has 0 atom stereocenters. The van der Waals surface area contributed by atoms with Gasteiger partial charge in [-0.3, -0.25) is 0 Å². The van der Waals surface area contributed by atoms with E-state index in [0.717, 1.165) is 31.2 Å². The predicted molar refractivity (Wildman–Crippen MR) is 60.0 cm³/mol. The molecule has 1 aromatic carbocycles. The molecule has 0 aliphatic carbocycles. The van der Waals surface area contributed by atoms with Crippen molar-refractivity contribution in [1.29, 1.82) is 0 Å². The SMILES string of the molecule is CCCCCc1cc(O)cc(CC(=O)[O-])c1.[Na+]. The molecule has 4 heteroatoms. The smallest absolute Gasteiger partial charge is 0.550 e. The molecule has 0 spiro atoms. The number of aromatic hydroxyl groups is 1. The third-order valence-corrected chi connectivity index (χ3v) is 2.45. The number of hydrogen-bond donors (Lipinski definition) is 1. The zero-order chi connectivity index (χ0) is 12.0. The first kappa shape index (κ1) is 16.5. The minimum atomic E-state index is -1.12. The molecule has 1 rings (SSSR count). The van der Waals surface area contributed by atoms with Crippen LogP contribution in [0.3, 0.4) is 0 Å². The zero-order valence-electron chi connectivity index (χ0n) is 10.5. The van der Waals surface area contributed by atoms with Crippen molar-refractivity contribution in [2.45, 2.75) is 39.0 Å². The van der Waals surface area contributed by atoms with Crippen LogP contribution in [0.2, 0.25) is 0 Å². The summed E-state index contributed by atoms with van der Waals surface area (Å²) in [6.45, 7) is 2.13. The fourth-order valence-corrected chi connectivity index (χ4v) is 1.74. The Morgan fingerprint density at radius 2 is 1.88 bits per heavy atom. The molecule has 3 nitrogen and oxygen atoms in total. The number of carboxylic acids is 1. The van der Waals surface area contributed by atoms with Crippen LogP contribution in [0.25, 0.3) is 0 Å². The second kappa shape index (κ2) is 8.56. The van der Waals surface area contributed by atoms with E-state index in [9.17, 15) is 15.0 Å². The van der Waals surface area contributed by atoms with Gasteiger partial charge in [-0.15, -0.1) is 0 Å². The van der Waals surface area contributed by atoms with Crippen molar-refractivity contribution in [2.24, 2.45) is 0 Å². The van der Waals surface area contributed by atoms with E-state index >= 15 is 0 Å². The number of unbranched alkanes of at least 4 members (excludes halogenated alkanes) is 2. The van der Waals surface area contributed by atoms with Gasteiger partial charge in [-0.05, 0) is 36.1 Å². The number of benzene rings is 1. The average molecular weight is 244 g/mol. The van der Waals surface area contributed by atoms with Gasteiger partial charge in [-0.2, -0.15) is 0 Å². The molecule has 0 amide bonds. The Morgan fingerprint density at radius 3 is 2.47 bits per heavy atom. The van der Waals surface area contributed by atoms with Gasteiger partial charge in [0.2, 0.25) is 0 Å². The van der Waals surface area contributed by atoms with E-state index in [1.165, 1.54) is 6.07 Å². The van der Waals surface area contributed by atoms with Gasteiger partial charge in [-0.1, -0.05) is 25.8 Å². The standard InChI is InChI=1S/C13H18O3.Na/c1-2-3-4-5-10-6-11(9-13(15)16)8-12(14)7-10;/h6-8,14H,2-5,9H2,1H3,(H,15,16);/q;+1/p-1. The molecule has 0 bridgehead atoms. The van der Waals surface area contributed by atoms with Gasteiger partial charge in [0.05, 0.1) is 0 Å². The Labute approximate surface area is 124 Å². The van der Waals surface area contributed by atoms with Gasteiger partial charge in [0, 0.05) is 12.4 Å². The molecular weight excluding hydrogens is 227 g/mol. The summed E-state index contributed by atoms with van der Waals surface area (Å²) in [6.07, 6.45) is 4.08. The summed E-state index contributed by atoms with van der Waals surface area (Å²) in [6, 6.07) is 4.98. The monoisotopic (exact) mass is 244 g/mol. The van der Waals surface area contributed by atoms with Crippen LogP contribution < -0.4 is 34.7 Å². The summed E-state index contributed by atoms with van der Waals surface area (Å²) in [5.41, 5.74) is 1.59. The maximum atomic E-state index is 10.5. The molecule has 0 aromatic heterocycles. The number of carboxylic acid groups (broad SMARTS) is 1. The summed E-state index contributed by atoms with van der Waals surface area (Å²) in [5.74, 6) is -0.990. The van der Waals surface area contributed by atoms with E-state index in [0.29, 0.717) is 5.56 Å². The van der Waals surface area contributed by atoms with Crippen LogP contribution in [0, 0.1) is 0 Å². The average Bonchev–Trinajstić information content (AvgIpc) is 2.16. The van der Waals surface area contributed by atoms with Gasteiger partial charge >= 0.3 is 29.6 Å². The molecule has 0 radical (unpaired) electrons. The van der Waals surface area contributed by atoms with Crippen molar-refractivity contribution in [1.82, 2.24) is 0 Å². The predicted octanol–water partition coefficient (Wildman–Crippen LogP) is -1.58. The van der Waals surface area contributed by atoms with E-state index in [4.69, 9.17) is 0 Å². The Morgan fingerprint density at radius 1 is 1.24 bits per heavy atom. The number of aryl methyl sites for hydroxylation is 1. The second-order valence-electron chi connectivity index (χ2n) is 4.01. The Kier molecular flexibility index (Phi) is 8.30. The first-order valence-corrected chi connectivity index (χ1v) is 5.63. The van der Waals surface area contributed by atoms with Crippen LogP contribution in [0.4, 0.5) is 0 Å². The fourth-order valence-electron chi connectivity index (χ4n) is 1.74. The van der Waals surface area contributed by atoms with Crippen LogP contribution in [0.5, 0.6) is 5.75 Å². The van der Waals surface area contributed by atoms with Crippen molar-refractivity contribution in [3.8, 4) is 5.75 Å². The first-order valence-electron chi connectivity index (χ1n) is 5.63. The van der Waals surface area contributed by atoms with Crippen LogP contribution >= 0.6 is 0 Å². The summed E-state index contributed by atoms with van der Waals surface area (Å²) < 4.78 is 0. The summed E-state index contributed by atoms with van der Waals surface area (Å²) in [5, 5.41) is 19.9. The number of carbonyl (C=O) groups is 1. The van der Waals surface area contributed by atoms with E-state index < -0.39 is 5.97 Å². The molecule has 0 saturated carbocycles. The summed E-state index contributed by atoms with van der Waals surface area (Å²) >= 11 is 0. The van der Waals surface area contributed by atoms with Gasteiger partial charge in [0.25, 0.3) is 0 Å². The Hall–Kier alpha value is -0.510. The number of hydrogen-bond acceptors (Lipinski definition) is 3. The minimum Gasteiger partial charge on any atom is -0.550 e. The molecule has 0 aliphatic rings. The Balaban J connectivity index is 0.00000256.